The first-order valence-electron chi connectivity index (χ1n) is 4.68. The van der Waals surface area contributed by atoms with Crippen LogP contribution < -0.4 is 5.32 Å². The molecule has 86 valence electrons. The lowest BCUT2D eigenvalue weighted by Crippen LogP contribution is -2.19. The molecule has 0 fully saturated rings. The lowest BCUT2D eigenvalue weighted by atomic mass is 10.2. The quantitative estimate of drug-likeness (QED) is 0.466. The van der Waals surface area contributed by atoms with Crippen LogP contribution in [0.2, 0.25) is 0 Å². The predicted molar refractivity (Wildman–Crippen MR) is 57.2 cm³/mol. The number of hydrogen-bond acceptors (Lipinski definition) is 4. The Kier molecular flexibility index (Phi) is 4.88. The number of benzene rings is 1. The highest BCUT2D eigenvalue weighted by atomic mass is 17.1. The van der Waals surface area contributed by atoms with Crippen LogP contribution in [0.4, 0.5) is 4.79 Å². The van der Waals surface area contributed by atoms with Gasteiger partial charge in [-0.3, -0.25) is 5.32 Å². The van der Waals surface area contributed by atoms with Crippen LogP contribution in [0, 0.1) is 0 Å². The van der Waals surface area contributed by atoms with Crippen molar-refractivity contribution in [2.75, 3.05) is 0 Å². The van der Waals surface area contributed by atoms with Gasteiger partial charge in [0.05, 0.1) is 0 Å². The lowest BCUT2D eigenvalue weighted by molar-refractivity contribution is -0.202. The van der Waals surface area contributed by atoms with Crippen molar-refractivity contribution >= 4 is 6.09 Å². The molecule has 1 rings (SSSR count). The van der Waals surface area contributed by atoms with E-state index in [4.69, 9.17) is 9.99 Å². The summed E-state index contributed by atoms with van der Waals surface area (Å²) in [6.45, 7) is 1.68. The van der Waals surface area contributed by atoms with Gasteiger partial charge in [0.1, 0.15) is 6.61 Å². The largest absolute Gasteiger partial charge is 0.444 e. The molecule has 0 atom stereocenters. The van der Waals surface area contributed by atoms with E-state index < -0.39 is 6.09 Å². The number of amides is 1. The van der Waals surface area contributed by atoms with E-state index >= 15 is 0 Å². The third-order valence-corrected chi connectivity index (χ3v) is 1.75. The summed E-state index contributed by atoms with van der Waals surface area (Å²) in [5.41, 5.74) is 0.900. The Labute approximate surface area is 93.2 Å². The van der Waals surface area contributed by atoms with Crippen molar-refractivity contribution < 1.29 is 19.7 Å². The second-order valence-corrected chi connectivity index (χ2v) is 3.05. The summed E-state index contributed by atoms with van der Waals surface area (Å²) in [4.78, 5) is 15.0. The molecule has 0 saturated heterocycles. The van der Waals surface area contributed by atoms with Gasteiger partial charge in [0.2, 0.25) is 0 Å². The highest BCUT2D eigenvalue weighted by Crippen LogP contribution is 2.00. The van der Waals surface area contributed by atoms with Crippen LogP contribution in [0.15, 0.2) is 42.3 Å². The van der Waals surface area contributed by atoms with Crippen molar-refractivity contribution in [3.63, 3.8) is 0 Å². The Morgan fingerprint density at radius 2 is 2.12 bits per heavy atom. The van der Waals surface area contributed by atoms with Gasteiger partial charge in [-0.15, -0.1) is 0 Å². The van der Waals surface area contributed by atoms with Gasteiger partial charge in [-0.2, -0.15) is 0 Å². The SMILES string of the molecule is CC(=CNC(=O)OCc1ccccc1)OO. The maximum absolute atomic E-state index is 11.1. The van der Waals surface area contributed by atoms with Crippen molar-refractivity contribution in [3.05, 3.63) is 47.9 Å². The molecule has 1 aromatic carbocycles. The fraction of sp³-hybridized carbons (Fsp3) is 0.182. The van der Waals surface area contributed by atoms with Crippen LogP contribution in [0.3, 0.4) is 0 Å². The molecule has 1 amide bonds. The molecule has 0 spiro atoms. The normalized spacial score (nSPS) is 10.8. The van der Waals surface area contributed by atoms with E-state index in [1.165, 1.54) is 13.1 Å². The standard InChI is InChI=1S/C11H13NO4/c1-9(16-14)7-12-11(13)15-8-10-5-3-2-4-6-10/h2-7,14H,8H2,1H3,(H,12,13). The van der Waals surface area contributed by atoms with Crippen LogP contribution in [-0.4, -0.2) is 11.4 Å². The fourth-order valence-electron chi connectivity index (χ4n) is 0.952. The van der Waals surface area contributed by atoms with Crippen molar-refractivity contribution in [2.45, 2.75) is 13.5 Å². The topological polar surface area (TPSA) is 67.8 Å². The average Bonchev–Trinajstić information content (AvgIpc) is 2.34. The molecule has 0 radical (unpaired) electrons. The molecule has 0 bridgehead atoms. The third kappa shape index (κ3) is 4.47. The predicted octanol–water partition coefficient (Wildman–Crippen LogP) is 2.26. The molecule has 0 heterocycles. The van der Waals surface area contributed by atoms with Crippen LogP contribution in [0.25, 0.3) is 0 Å². The number of carbonyl (C=O) groups excluding carboxylic acids is 1. The number of rotatable bonds is 4. The van der Waals surface area contributed by atoms with Crippen LogP contribution in [-0.2, 0) is 16.2 Å². The van der Waals surface area contributed by atoms with E-state index in [2.05, 4.69) is 10.2 Å². The minimum absolute atomic E-state index is 0.164. The highest BCUT2D eigenvalue weighted by molar-refractivity contribution is 5.68. The summed E-state index contributed by atoms with van der Waals surface area (Å²) in [5.74, 6) is 0.164. The molecular formula is C11H13NO4. The number of ether oxygens (including phenoxy) is 1. The zero-order chi connectivity index (χ0) is 11.8. The van der Waals surface area contributed by atoms with Gasteiger partial charge in [0.25, 0.3) is 0 Å². The smallest absolute Gasteiger partial charge is 0.411 e. The van der Waals surface area contributed by atoms with E-state index in [1.54, 1.807) is 0 Å². The first-order valence-corrected chi connectivity index (χ1v) is 4.68. The van der Waals surface area contributed by atoms with Crippen molar-refractivity contribution in [1.29, 1.82) is 0 Å². The molecule has 16 heavy (non-hydrogen) atoms. The number of carbonyl (C=O) groups is 1. The summed E-state index contributed by atoms with van der Waals surface area (Å²) in [7, 11) is 0. The lowest BCUT2D eigenvalue weighted by Gasteiger charge is -2.04. The molecule has 0 aliphatic carbocycles. The van der Waals surface area contributed by atoms with Crippen molar-refractivity contribution in [1.82, 2.24) is 5.32 Å². The first-order chi connectivity index (χ1) is 7.72. The first kappa shape index (κ1) is 12.1. The number of allylic oxidation sites excluding steroid dienone is 1. The van der Waals surface area contributed by atoms with E-state index in [9.17, 15) is 4.79 Å². The maximum Gasteiger partial charge on any atom is 0.411 e. The molecule has 5 heteroatoms. The molecule has 0 unspecified atom stereocenters. The molecular weight excluding hydrogens is 210 g/mol. The highest BCUT2D eigenvalue weighted by Gasteiger charge is 2.00. The zero-order valence-electron chi connectivity index (χ0n) is 8.84. The Balaban J connectivity index is 2.31. The summed E-state index contributed by atoms with van der Waals surface area (Å²) in [5, 5.41) is 10.5. The molecule has 0 aromatic heterocycles. The van der Waals surface area contributed by atoms with E-state index in [0.717, 1.165) is 5.56 Å². The minimum Gasteiger partial charge on any atom is -0.444 e. The van der Waals surface area contributed by atoms with E-state index in [-0.39, 0.29) is 12.4 Å². The molecule has 0 aliphatic rings. The van der Waals surface area contributed by atoms with Gasteiger partial charge in [-0.1, -0.05) is 30.3 Å². The van der Waals surface area contributed by atoms with E-state index in [0.29, 0.717) is 0 Å². The monoisotopic (exact) mass is 223 g/mol. The molecule has 1 aromatic rings. The molecule has 2 N–H and O–H groups in total. The van der Waals surface area contributed by atoms with Gasteiger partial charge in [-0.05, 0) is 12.5 Å². The number of hydrogen-bond donors (Lipinski definition) is 2. The average molecular weight is 223 g/mol. The Morgan fingerprint density at radius 3 is 2.75 bits per heavy atom. The van der Waals surface area contributed by atoms with Crippen LogP contribution >= 0.6 is 0 Å². The Morgan fingerprint density at radius 1 is 1.44 bits per heavy atom. The summed E-state index contributed by atoms with van der Waals surface area (Å²) in [6.07, 6.45) is 0.591. The second kappa shape index (κ2) is 6.47. The zero-order valence-corrected chi connectivity index (χ0v) is 8.84. The third-order valence-electron chi connectivity index (χ3n) is 1.75. The van der Waals surface area contributed by atoms with Crippen molar-refractivity contribution in [2.24, 2.45) is 0 Å². The minimum atomic E-state index is -0.611. The fourth-order valence-corrected chi connectivity index (χ4v) is 0.952. The maximum atomic E-state index is 11.1. The second-order valence-electron chi connectivity index (χ2n) is 3.05. The summed E-state index contributed by atoms with van der Waals surface area (Å²) in [6, 6.07) is 9.31. The summed E-state index contributed by atoms with van der Waals surface area (Å²) >= 11 is 0. The summed E-state index contributed by atoms with van der Waals surface area (Å²) < 4.78 is 4.89. The van der Waals surface area contributed by atoms with Crippen LogP contribution in [0.5, 0.6) is 0 Å². The van der Waals surface area contributed by atoms with E-state index in [1.807, 2.05) is 30.3 Å². The van der Waals surface area contributed by atoms with Gasteiger partial charge < -0.3 is 9.62 Å². The molecule has 0 aliphatic heterocycles. The van der Waals surface area contributed by atoms with Crippen LogP contribution in [0.1, 0.15) is 12.5 Å². The van der Waals surface area contributed by atoms with Gasteiger partial charge in [-0.25, -0.2) is 10.1 Å². The Hall–Kier alpha value is -2.01. The van der Waals surface area contributed by atoms with Crippen molar-refractivity contribution in [3.8, 4) is 0 Å². The van der Waals surface area contributed by atoms with Gasteiger partial charge in [0, 0.05) is 6.20 Å². The molecule has 0 saturated carbocycles. The van der Waals surface area contributed by atoms with Gasteiger partial charge >= 0.3 is 6.09 Å². The number of alkyl carbamates (subject to hydrolysis) is 1. The molecule has 5 nitrogen and oxygen atoms in total. The number of nitrogens with one attached hydrogen (secondary N) is 1. The Bertz CT molecular complexity index is 362. The van der Waals surface area contributed by atoms with Gasteiger partial charge in [0.15, 0.2) is 5.76 Å².